The average Bonchev–Trinajstić information content (AvgIpc) is 3.43. The highest BCUT2D eigenvalue weighted by atomic mass is 32.1. The van der Waals surface area contributed by atoms with Gasteiger partial charge in [-0.3, -0.25) is 24.0 Å². The van der Waals surface area contributed by atoms with Crippen LogP contribution >= 0.6 is 11.3 Å². The van der Waals surface area contributed by atoms with Crippen molar-refractivity contribution in [2.45, 2.75) is 85.4 Å². The van der Waals surface area contributed by atoms with Crippen LogP contribution in [0.2, 0.25) is 0 Å². The van der Waals surface area contributed by atoms with Crippen LogP contribution in [0.15, 0.2) is 34.4 Å². The van der Waals surface area contributed by atoms with Gasteiger partial charge in [-0.15, -0.1) is 24.5 Å². The number of carboxylic acid groups (broad SMARTS) is 1. The van der Waals surface area contributed by atoms with Crippen LogP contribution < -0.4 is 10.3 Å². The molecule has 13 heteroatoms. The first-order chi connectivity index (χ1) is 22.6. The zero-order valence-corrected chi connectivity index (χ0v) is 28.4. The van der Waals surface area contributed by atoms with Crippen LogP contribution in [0.25, 0.3) is 21.3 Å². The molecule has 3 aromatic heterocycles. The van der Waals surface area contributed by atoms with Crippen molar-refractivity contribution in [1.29, 1.82) is 0 Å². The van der Waals surface area contributed by atoms with Gasteiger partial charge in [-0.2, -0.15) is 0 Å². The Morgan fingerprint density at radius 1 is 1.12 bits per heavy atom. The van der Waals surface area contributed by atoms with Crippen molar-refractivity contribution in [2.24, 2.45) is 5.41 Å². The molecule has 6 rings (SSSR count). The van der Waals surface area contributed by atoms with E-state index in [2.05, 4.69) is 14.6 Å². The molecule has 4 aromatic rings. The Kier molecular flexibility index (Phi) is 9.16. The minimum Gasteiger partial charge on any atom is -0.491 e. The number of aromatic nitrogens is 3. The molecule has 0 unspecified atom stereocenters. The number of nitrogens with zero attached hydrogens (tertiary/aromatic N) is 4. The highest BCUT2D eigenvalue weighted by Gasteiger charge is 2.45. The molecule has 2 atom stereocenters. The molecule has 1 saturated heterocycles. The largest absolute Gasteiger partial charge is 0.522 e. The molecule has 0 amide bonds. The molecule has 4 heterocycles. The molecule has 1 aliphatic carbocycles. The fourth-order valence-electron chi connectivity index (χ4n) is 7.17. The van der Waals surface area contributed by atoms with E-state index in [-0.39, 0.29) is 36.7 Å². The predicted octanol–water partition coefficient (Wildman–Crippen LogP) is 6.72. The number of aryl methyl sites for hydroxylation is 4. The van der Waals surface area contributed by atoms with Gasteiger partial charge >= 0.3 is 12.3 Å². The summed E-state index contributed by atoms with van der Waals surface area (Å²) in [6.07, 6.45) is -3.42. The average molecular weight is 685 g/mol. The lowest BCUT2D eigenvalue weighted by molar-refractivity contribution is -0.358. The van der Waals surface area contributed by atoms with Crippen LogP contribution in [0.5, 0.6) is 5.75 Å². The summed E-state index contributed by atoms with van der Waals surface area (Å²) in [6, 6.07) is 7.78. The van der Waals surface area contributed by atoms with E-state index >= 15 is 0 Å². The van der Waals surface area contributed by atoms with E-state index in [0.717, 1.165) is 33.5 Å². The van der Waals surface area contributed by atoms with Gasteiger partial charge in [0.05, 0.1) is 34.1 Å². The summed E-state index contributed by atoms with van der Waals surface area (Å²) < 4.78 is 52.2. The van der Waals surface area contributed by atoms with Crippen LogP contribution in [-0.2, 0) is 24.1 Å². The summed E-state index contributed by atoms with van der Waals surface area (Å²) in [5, 5.41) is 11.3. The topological polar surface area (TPSA) is 107 Å². The van der Waals surface area contributed by atoms with Crippen molar-refractivity contribution in [3.05, 3.63) is 73.9 Å². The van der Waals surface area contributed by atoms with Crippen LogP contribution in [0.4, 0.5) is 13.2 Å². The van der Waals surface area contributed by atoms with Crippen molar-refractivity contribution in [2.75, 3.05) is 19.7 Å². The summed E-state index contributed by atoms with van der Waals surface area (Å²) in [5.74, 6) is 0.179. The van der Waals surface area contributed by atoms with Crippen molar-refractivity contribution in [1.82, 2.24) is 19.4 Å². The second kappa shape index (κ2) is 12.9. The number of fused-ring (bicyclic) bond motifs is 2. The minimum atomic E-state index is -4.67. The van der Waals surface area contributed by atoms with Crippen molar-refractivity contribution in [3.63, 3.8) is 0 Å². The zero-order valence-electron chi connectivity index (χ0n) is 27.6. The van der Waals surface area contributed by atoms with E-state index < -0.39 is 23.9 Å². The SMILES string of the molecule is Cc1ccc(OCCn2c(C)nc3c(c2=O)C[C@@H](N2CC[C@@H](OC(F)(F)F)C(C)(C)C2)CC3)c(-c2cc(C)nc3c(C(=O)O)csc23)c1. The summed E-state index contributed by atoms with van der Waals surface area (Å²) >= 11 is 1.33. The Hall–Kier alpha value is -3.81. The van der Waals surface area contributed by atoms with E-state index in [9.17, 15) is 27.9 Å². The molecule has 1 fully saturated rings. The number of piperidine rings is 1. The molecule has 1 aromatic carbocycles. The highest BCUT2D eigenvalue weighted by Crippen LogP contribution is 2.40. The van der Waals surface area contributed by atoms with Gasteiger partial charge in [0, 0.05) is 52.3 Å². The standard InChI is InChI=1S/C35H39F3N4O5S/c1-19-6-9-28(23(14-19)24-15-20(2)39-30-26(33(44)45)17-48-31(24)30)46-13-12-42-21(3)40-27-8-7-22(16-25(27)32(42)43)41-11-10-29(34(4,5)18-41)47-35(36,37)38/h6,9,14-15,17,22,29H,7-8,10-13,16,18H2,1-5H3,(H,44,45)/t22-,29+/m0/s1. The molecule has 0 saturated carbocycles. The van der Waals surface area contributed by atoms with Gasteiger partial charge < -0.3 is 9.84 Å². The van der Waals surface area contributed by atoms with Gasteiger partial charge in [0.25, 0.3) is 5.56 Å². The number of rotatable bonds is 8. The van der Waals surface area contributed by atoms with E-state index in [1.54, 1.807) is 23.8 Å². The number of aromatic carboxylic acids is 1. The number of thiophene rings is 1. The molecule has 0 radical (unpaired) electrons. The van der Waals surface area contributed by atoms with Crippen molar-refractivity contribution < 1.29 is 32.5 Å². The quantitative estimate of drug-likeness (QED) is 0.218. The molecule has 0 bridgehead atoms. The fourth-order valence-corrected chi connectivity index (χ4v) is 8.18. The number of ether oxygens (including phenoxy) is 2. The second-order valence-corrected chi connectivity index (χ2v) is 14.4. The molecule has 48 heavy (non-hydrogen) atoms. The van der Waals surface area contributed by atoms with Crippen LogP contribution in [0.3, 0.4) is 0 Å². The Morgan fingerprint density at radius 3 is 2.60 bits per heavy atom. The lowest BCUT2D eigenvalue weighted by Crippen LogP contribution is -2.55. The molecule has 2 aliphatic rings. The molecule has 9 nitrogen and oxygen atoms in total. The van der Waals surface area contributed by atoms with Gasteiger partial charge in [-0.1, -0.05) is 25.5 Å². The van der Waals surface area contributed by atoms with Crippen molar-refractivity contribution in [3.8, 4) is 16.9 Å². The van der Waals surface area contributed by atoms with E-state index in [0.29, 0.717) is 54.3 Å². The van der Waals surface area contributed by atoms with Gasteiger partial charge in [0.1, 0.15) is 18.2 Å². The van der Waals surface area contributed by atoms with Crippen LogP contribution in [-0.4, -0.2) is 68.7 Å². The first-order valence-corrected chi connectivity index (χ1v) is 16.9. The maximum Gasteiger partial charge on any atom is 0.522 e. The Bertz CT molecular complexity index is 1940. The number of pyridine rings is 1. The number of halogens is 3. The lowest BCUT2D eigenvalue weighted by Gasteiger charge is -2.47. The fraction of sp³-hybridized carbons (Fsp3) is 0.486. The molecule has 1 aliphatic heterocycles. The van der Waals surface area contributed by atoms with E-state index in [1.807, 2.05) is 45.0 Å². The summed E-state index contributed by atoms with van der Waals surface area (Å²) in [4.78, 5) is 37.2. The predicted molar refractivity (Wildman–Crippen MR) is 177 cm³/mol. The Morgan fingerprint density at radius 2 is 1.90 bits per heavy atom. The molecule has 0 spiro atoms. The third kappa shape index (κ3) is 6.85. The Labute approximate surface area is 280 Å². The number of alkyl halides is 3. The van der Waals surface area contributed by atoms with E-state index in [1.165, 1.54) is 11.3 Å². The zero-order chi connectivity index (χ0) is 34.5. The van der Waals surface area contributed by atoms with Crippen LogP contribution in [0, 0.1) is 26.2 Å². The summed E-state index contributed by atoms with van der Waals surface area (Å²) in [7, 11) is 0. The minimum absolute atomic E-state index is 0.0279. The van der Waals surface area contributed by atoms with Gasteiger partial charge in [0.15, 0.2) is 0 Å². The number of likely N-dealkylation sites (tertiary alicyclic amines) is 1. The van der Waals surface area contributed by atoms with Gasteiger partial charge in [-0.25, -0.2) is 9.78 Å². The maximum atomic E-state index is 13.9. The van der Waals surface area contributed by atoms with Gasteiger partial charge in [0.2, 0.25) is 0 Å². The summed E-state index contributed by atoms with van der Waals surface area (Å²) in [6.45, 7) is 10.6. The van der Waals surface area contributed by atoms with Crippen LogP contribution in [0.1, 0.15) is 65.4 Å². The molecule has 256 valence electrons. The number of hydrogen-bond donors (Lipinski definition) is 1. The first kappa shape index (κ1) is 34.1. The first-order valence-electron chi connectivity index (χ1n) is 16.0. The van der Waals surface area contributed by atoms with Gasteiger partial charge in [-0.05, 0) is 64.7 Å². The maximum absolute atomic E-state index is 13.9. The second-order valence-electron chi connectivity index (χ2n) is 13.5. The number of hydrogen-bond acceptors (Lipinski definition) is 8. The number of benzene rings is 1. The van der Waals surface area contributed by atoms with E-state index in [4.69, 9.17) is 9.72 Å². The number of carbonyl (C=O) groups is 1. The number of carboxylic acids is 1. The van der Waals surface area contributed by atoms with Crippen molar-refractivity contribution >= 4 is 27.5 Å². The smallest absolute Gasteiger partial charge is 0.491 e. The third-order valence-electron chi connectivity index (χ3n) is 9.53. The molecular weight excluding hydrogens is 645 g/mol. The molecular formula is C35H39F3N4O5S. The monoisotopic (exact) mass is 684 g/mol. The summed E-state index contributed by atoms with van der Waals surface area (Å²) in [5.41, 5.74) is 4.58. The Balaban J connectivity index is 1.20. The molecule has 1 N–H and O–H groups in total. The lowest BCUT2D eigenvalue weighted by atomic mass is 9.79. The normalized spacial score (nSPS) is 19.8. The highest BCUT2D eigenvalue weighted by molar-refractivity contribution is 7.18. The third-order valence-corrected chi connectivity index (χ3v) is 10.5.